The molecular formula is C17H13BrN4O2S. The van der Waals surface area contributed by atoms with Gasteiger partial charge in [-0.1, -0.05) is 27.7 Å². The molecule has 1 aliphatic rings. The van der Waals surface area contributed by atoms with Gasteiger partial charge in [0.1, 0.15) is 5.76 Å². The predicted octanol–water partition coefficient (Wildman–Crippen LogP) is 4.46. The zero-order valence-corrected chi connectivity index (χ0v) is 15.5. The van der Waals surface area contributed by atoms with Crippen molar-refractivity contribution in [1.82, 2.24) is 15.2 Å². The summed E-state index contributed by atoms with van der Waals surface area (Å²) < 4.78 is 12.3. The zero-order chi connectivity index (χ0) is 17.2. The second kappa shape index (κ2) is 6.89. The first kappa shape index (κ1) is 16.2. The maximum absolute atomic E-state index is 6.04. The number of anilines is 1. The third-order valence-corrected chi connectivity index (χ3v) is 4.60. The Morgan fingerprint density at radius 1 is 1.28 bits per heavy atom. The molecule has 0 saturated heterocycles. The van der Waals surface area contributed by atoms with Crippen LogP contribution in [0, 0.1) is 0 Å². The average Bonchev–Trinajstić information content (AvgIpc) is 3.09. The molecule has 3 aromatic rings. The summed E-state index contributed by atoms with van der Waals surface area (Å²) in [4.78, 5) is 4.47. The maximum Gasteiger partial charge on any atom is 0.247 e. The van der Waals surface area contributed by atoms with E-state index in [9.17, 15) is 0 Å². The van der Waals surface area contributed by atoms with Gasteiger partial charge in [-0.2, -0.15) is 4.98 Å². The number of furan rings is 1. The molecule has 4 rings (SSSR count). The number of thioether (sulfide) groups is 1. The van der Waals surface area contributed by atoms with Gasteiger partial charge in [0.25, 0.3) is 0 Å². The van der Waals surface area contributed by atoms with Crippen molar-refractivity contribution >= 4 is 39.5 Å². The standard InChI is InChI=1S/C17H13BrN4O2S/c1-25-17-20-16-15(21-22-17)12-9-10(18)4-6-13(12)19-14(24-16)7-5-11-3-2-8-23-11/h2-9,14,19H,1H3. The molecule has 1 N–H and O–H groups in total. The fraction of sp³-hybridized carbons (Fsp3) is 0.118. The lowest BCUT2D eigenvalue weighted by atomic mass is 10.1. The van der Waals surface area contributed by atoms with Gasteiger partial charge in [-0.05, 0) is 48.7 Å². The summed E-state index contributed by atoms with van der Waals surface area (Å²) in [5.74, 6) is 1.19. The average molecular weight is 417 g/mol. The molecule has 2 aromatic heterocycles. The minimum atomic E-state index is -0.419. The van der Waals surface area contributed by atoms with E-state index >= 15 is 0 Å². The van der Waals surface area contributed by atoms with Crippen LogP contribution in [-0.4, -0.2) is 27.7 Å². The number of fused-ring (bicyclic) bond motifs is 3. The molecule has 0 spiro atoms. The van der Waals surface area contributed by atoms with Crippen LogP contribution in [0.3, 0.4) is 0 Å². The van der Waals surface area contributed by atoms with Gasteiger partial charge in [-0.15, -0.1) is 10.2 Å². The zero-order valence-electron chi connectivity index (χ0n) is 13.1. The van der Waals surface area contributed by atoms with E-state index in [0.29, 0.717) is 16.7 Å². The van der Waals surface area contributed by atoms with Crippen molar-refractivity contribution in [2.24, 2.45) is 0 Å². The lowest BCUT2D eigenvalue weighted by molar-refractivity contribution is 0.266. The highest BCUT2D eigenvalue weighted by molar-refractivity contribution is 9.10. The van der Waals surface area contributed by atoms with Crippen molar-refractivity contribution < 1.29 is 9.15 Å². The first-order valence-corrected chi connectivity index (χ1v) is 9.48. The van der Waals surface area contributed by atoms with Gasteiger partial charge in [0.2, 0.25) is 11.0 Å². The minimum Gasteiger partial charge on any atom is -0.465 e. The second-order valence-electron chi connectivity index (χ2n) is 5.20. The Morgan fingerprint density at radius 2 is 2.20 bits per heavy atom. The maximum atomic E-state index is 6.04. The predicted molar refractivity (Wildman–Crippen MR) is 101 cm³/mol. The molecule has 1 aromatic carbocycles. The molecule has 6 nitrogen and oxygen atoms in total. The van der Waals surface area contributed by atoms with Crippen LogP contribution >= 0.6 is 27.7 Å². The molecule has 0 saturated carbocycles. The van der Waals surface area contributed by atoms with Crippen LogP contribution in [0.2, 0.25) is 0 Å². The molecule has 1 unspecified atom stereocenters. The number of rotatable bonds is 3. The molecule has 126 valence electrons. The molecule has 1 atom stereocenters. The Hall–Kier alpha value is -2.32. The van der Waals surface area contributed by atoms with E-state index in [2.05, 4.69) is 36.4 Å². The number of hydrogen-bond acceptors (Lipinski definition) is 7. The molecule has 0 bridgehead atoms. The summed E-state index contributed by atoms with van der Waals surface area (Å²) in [6.07, 6.45) is 6.84. The number of ether oxygens (including phenoxy) is 1. The summed E-state index contributed by atoms with van der Waals surface area (Å²) in [7, 11) is 0. The second-order valence-corrected chi connectivity index (χ2v) is 6.89. The highest BCUT2D eigenvalue weighted by Gasteiger charge is 2.24. The number of hydrogen-bond donors (Lipinski definition) is 1. The Kier molecular flexibility index (Phi) is 4.46. The number of aromatic nitrogens is 3. The van der Waals surface area contributed by atoms with Crippen LogP contribution < -0.4 is 10.1 Å². The molecule has 0 aliphatic carbocycles. The van der Waals surface area contributed by atoms with Crippen LogP contribution in [-0.2, 0) is 0 Å². The first-order chi connectivity index (χ1) is 12.2. The van der Waals surface area contributed by atoms with Crippen molar-refractivity contribution in [3.05, 3.63) is 52.9 Å². The van der Waals surface area contributed by atoms with Gasteiger partial charge >= 0.3 is 0 Å². The van der Waals surface area contributed by atoms with Crippen LogP contribution in [0.4, 0.5) is 5.69 Å². The molecule has 3 heterocycles. The summed E-state index contributed by atoms with van der Waals surface area (Å²) in [5, 5.41) is 12.4. The van der Waals surface area contributed by atoms with E-state index in [1.165, 1.54) is 11.8 Å². The van der Waals surface area contributed by atoms with Crippen LogP contribution in [0.15, 0.2) is 56.7 Å². The molecule has 0 radical (unpaired) electrons. The quantitative estimate of drug-likeness (QED) is 0.631. The lowest BCUT2D eigenvalue weighted by Crippen LogP contribution is -2.23. The third kappa shape index (κ3) is 3.40. The van der Waals surface area contributed by atoms with Crippen LogP contribution in [0.1, 0.15) is 5.76 Å². The van der Waals surface area contributed by atoms with E-state index in [4.69, 9.17) is 9.15 Å². The largest absolute Gasteiger partial charge is 0.465 e. The van der Waals surface area contributed by atoms with Crippen molar-refractivity contribution in [3.8, 4) is 17.1 Å². The van der Waals surface area contributed by atoms with E-state index < -0.39 is 6.23 Å². The normalized spacial score (nSPS) is 15.8. The van der Waals surface area contributed by atoms with Crippen LogP contribution in [0.5, 0.6) is 5.88 Å². The summed E-state index contributed by atoms with van der Waals surface area (Å²) in [5.41, 5.74) is 2.38. The number of benzene rings is 1. The van der Waals surface area contributed by atoms with E-state index in [-0.39, 0.29) is 0 Å². The summed E-state index contributed by atoms with van der Waals surface area (Å²) >= 11 is 4.92. The van der Waals surface area contributed by atoms with Gasteiger partial charge in [0.05, 0.1) is 6.26 Å². The minimum absolute atomic E-state index is 0.419. The summed E-state index contributed by atoms with van der Waals surface area (Å²) in [6.45, 7) is 0. The molecule has 0 amide bonds. The third-order valence-electron chi connectivity index (χ3n) is 3.57. The molecule has 1 aliphatic heterocycles. The molecular weight excluding hydrogens is 404 g/mol. The van der Waals surface area contributed by atoms with E-state index in [1.54, 1.807) is 6.26 Å². The van der Waals surface area contributed by atoms with E-state index in [1.807, 2.05) is 48.7 Å². The molecule has 25 heavy (non-hydrogen) atoms. The fourth-order valence-corrected chi connectivity index (χ4v) is 3.09. The van der Waals surface area contributed by atoms with Gasteiger partial charge in [-0.3, -0.25) is 0 Å². The van der Waals surface area contributed by atoms with Crippen molar-refractivity contribution in [3.63, 3.8) is 0 Å². The van der Waals surface area contributed by atoms with E-state index in [0.717, 1.165) is 21.5 Å². The van der Waals surface area contributed by atoms with Gasteiger partial charge in [0.15, 0.2) is 11.9 Å². The Balaban J connectivity index is 1.77. The van der Waals surface area contributed by atoms with Crippen molar-refractivity contribution in [2.45, 2.75) is 11.4 Å². The van der Waals surface area contributed by atoms with Crippen molar-refractivity contribution in [1.29, 1.82) is 0 Å². The SMILES string of the molecule is CSc1nnc2c(n1)OC(C=Cc1ccco1)Nc1ccc(Br)cc1-2. The molecule has 8 heteroatoms. The van der Waals surface area contributed by atoms with Gasteiger partial charge in [0, 0.05) is 15.7 Å². The Morgan fingerprint density at radius 3 is 3.00 bits per heavy atom. The summed E-state index contributed by atoms with van der Waals surface area (Å²) in [6, 6.07) is 9.61. The lowest BCUT2D eigenvalue weighted by Gasteiger charge is -2.15. The first-order valence-electron chi connectivity index (χ1n) is 7.46. The fourth-order valence-electron chi connectivity index (χ4n) is 2.43. The topological polar surface area (TPSA) is 73.1 Å². The highest BCUT2D eigenvalue weighted by Crippen LogP contribution is 2.38. The van der Waals surface area contributed by atoms with Crippen molar-refractivity contribution in [2.75, 3.05) is 11.6 Å². The number of halogens is 1. The Bertz CT molecular complexity index is 930. The monoisotopic (exact) mass is 416 g/mol. The number of nitrogens with one attached hydrogen (secondary N) is 1. The molecule has 0 fully saturated rings. The highest BCUT2D eigenvalue weighted by atomic mass is 79.9. The number of nitrogens with zero attached hydrogens (tertiary/aromatic N) is 3. The Labute approximate surface area is 156 Å². The van der Waals surface area contributed by atoms with Gasteiger partial charge < -0.3 is 14.5 Å². The van der Waals surface area contributed by atoms with Crippen LogP contribution in [0.25, 0.3) is 17.3 Å². The van der Waals surface area contributed by atoms with Gasteiger partial charge in [-0.25, -0.2) is 0 Å². The smallest absolute Gasteiger partial charge is 0.247 e.